The minimum Gasteiger partial charge on any atom is -0.478 e. The molecule has 0 aliphatic carbocycles. The summed E-state index contributed by atoms with van der Waals surface area (Å²) in [6.07, 6.45) is -5.82. The van der Waals surface area contributed by atoms with E-state index >= 15 is 0 Å². The largest absolute Gasteiger partial charge is 0.478 e. The van der Waals surface area contributed by atoms with Crippen LogP contribution in [-0.2, 0) is 28.4 Å². The molecule has 0 bridgehead atoms. The van der Waals surface area contributed by atoms with Gasteiger partial charge in [-0.15, -0.1) is 11.3 Å². The molecule has 238 valence electrons. The summed E-state index contributed by atoms with van der Waals surface area (Å²) < 4.78 is 80.2. The van der Waals surface area contributed by atoms with Gasteiger partial charge in [-0.05, 0) is 71.1 Å². The number of carboxylic acid groups (broad SMARTS) is 1. The number of nitrogens with zero attached hydrogens (tertiary/aromatic N) is 2. The smallest absolute Gasteiger partial charge is 0.416 e. The molecule has 8 nitrogen and oxygen atoms in total. The lowest BCUT2D eigenvalue weighted by molar-refractivity contribution is -0.143. The fraction of sp³-hybridized carbons (Fsp3) is 0.138. The van der Waals surface area contributed by atoms with Gasteiger partial charge in [0.25, 0.3) is 5.91 Å². The number of carboxylic acids is 1. The third-order valence-electron chi connectivity index (χ3n) is 6.62. The van der Waals surface area contributed by atoms with Crippen LogP contribution in [0.3, 0.4) is 0 Å². The van der Waals surface area contributed by atoms with Gasteiger partial charge in [-0.1, -0.05) is 24.0 Å². The number of alkyl halides is 6. The van der Waals surface area contributed by atoms with Crippen molar-refractivity contribution in [3.05, 3.63) is 98.6 Å². The van der Waals surface area contributed by atoms with Crippen molar-refractivity contribution in [3.63, 3.8) is 0 Å². The Labute approximate surface area is 269 Å². The number of hydrogen-bond acceptors (Lipinski definition) is 7. The van der Waals surface area contributed by atoms with Gasteiger partial charge in [0.05, 0.1) is 27.9 Å². The molecule has 2 aromatic heterocycles. The highest BCUT2D eigenvalue weighted by molar-refractivity contribution is 8.26. The molecule has 1 aliphatic heterocycles. The molecule has 5 rings (SSSR count). The third kappa shape index (κ3) is 7.32. The van der Waals surface area contributed by atoms with Crippen LogP contribution in [0.1, 0.15) is 32.1 Å². The summed E-state index contributed by atoms with van der Waals surface area (Å²) in [5, 5.41) is 13.1. The van der Waals surface area contributed by atoms with Crippen LogP contribution in [0.25, 0.3) is 17.2 Å². The lowest BCUT2D eigenvalue weighted by Crippen LogP contribution is -2.47. The maximum absolute atomic E-state index is 13.6. The monoisotopic (exact) mass is 696 g/mol. The summed E-state index contributed by atoms with van der Waals surface area (Å²) in [6, 6.07) is 6.81. The van der Waals surface area contributed by atoms with E-state index in [-0.39, 0.29) is 44.1 Å². The Balaban J connectivity index is 1.42. The highest BCUT2D eigenvalue weighted by Gasteiger charge is 2.41. The summed E-state index contributed by atoms with van der Waals surface area (Å²) in [5.41, 5.74) is -2.37. The first-order valence-corrected chi connectivity index (χ1v) is 15.0. The predicted molar refractivity (Wildman–Crippen MR) is 163 cm³/mol. The van der Waals surface area contributed by atoms with Crippen molar-refractivity contribution in [1.82, 2.24) is 14.9 Å². The van der Waals surface area contributed by atoms with Crippen LogP contribution in [-0.4, -0.2) is 48.1 Å². The molecule has 0 saturated carbocycles. The second-order valence-corrected chi connectivity index (χ2v) is 12.4. The van der Waals surface area contributed by atoms with Crippen molar-refractivity contribution >= 4 is 69.2 Å². The van der Waals surface area contributed by atoms with Gasteiger partial charge >= 0.3 is 18.3 Å². The number of imidazole rings is 1. The molecule has 0 unspecified atom stereocenters. The summed E-state index contributed by atoms with van der Waals surface area (Å²) in [6.45, 7) is 0. The third-order valence-corrected chi connectivity index (χ3v) is 8.83. The van der Waals surface area contributed by atoms with Crippen molar-refractivity contribution in [1.29, 1.82) is 0 Å². The van der Waals surface area contributed by atoms with Crippen LogP contribution < -0.4 is 5.32 Å². The molecular weight excluding hydrogens is 679 g/mol. The second kappa shape index (κ2) is 12.7. The fourth-order valence-electron chi connectivity index (χ4n) is 4.41. The number of anilines is 1. The van der Waals surface area contributed by atoms with Crippen molar-refractivity contribution in [3.8, 4) is 11.1 Å². The number of H-pyrrole nitrogens is 1. The summed E-state index contributed by atoms with van der Waals surface area (Å²) in [5.74, 6) is -2.44. The Kier molecular flexibility index (Phi) is 9.10. The topological polar surface area (TPSA) is 115 Å². The molecule has 2 amide bonds. The average molecular weight is 697 g/mol. The first-order chi connectivity index (χ1) is 21.6. The molecule has 4 aromatic rings. The Bertz CT molecular complexity index is 1820. The number of aromatic nitrogens is 2. The molecule has 2 aromatic carbocycles. The number of thiophene rings is 1. The minimum atomic E-state index is -5.01. The highest BCUT2D eigenvalue weighted by Crippen LogP contribution is 2.41. The van der Waals surface area contributed by atoms with Crippen LogP contribution >= 0.6 is 35.3 Å². The first-order valence-electron chi connectivity index (χ1n) is 12.9. The van der Waals surface area contributed by atoms with E-state index < -0.39 is 47.3 Å². The SMILES string of the molecule is O=C(O)c1ccc(NC(=O)[C@@H](Cc2cnc[nH]2)N2C(=O)C(=Cc3cc(-c4cc(C(F)(F)F)cc(C(F)(F)F)c4)cs3)SC2=S)cc1. The lowest BCUT2D eigenvalue weighted by atomic mass is 10.0. The van der Waals surface area contributed by atoms with Crippen molar-refractivity contribution in [2.75, 3.05) is 5.32 Å². The number of carbonyl (C=O) groups excluding carboxylic acids is 2. The molecule has 1 fully saturated rings. The minimum absolute atomic E-state index is 0.000305. The molecule has 46 heavy (non-hydrogen) atoms. The number of thiocarbonyl (C=S) groups is 1. The van der Waals surface area contributed by atoms with Gasteiger partial charge in [0.2, 0.25) is 5.91 Å². The maximum Gasteiger partial charge on any atom is 0.416 e. The van der Waals surface area contributed by atoms with Gasteiger partial charge in [0.15, 0.2) is 0 Å². The van der Waals surface area contributed by atoms with Gasteiger partial charge in [-0.3, -0.25) is 14.5 Å². The molecule has 3 heterocycles. The van der Waals surface area contributed by atoms with Gasteiger partial charge in [0.1, 0.15) is 10.4 Å². The zero-order valence-corrected chi connectivity index (χ0v) is 25.2. The van der Waals surface area contributed by atoms with E-state index in [9.17, 15) is 40.7 Å². The number of hydrogen-bond donors (Lipinski definition) is 3. The van der Waals surface area contributed by atoms with E-state index in [1.807, 2.05) is 0 Å². The fourth-order valence-corrected chi connectivity index (χ4v) is 6.68. The number of benzene rings is 2. The second-order valence-electron chi connectivity index (χ2n) is 9.75. The van der Waals surface area contributed by atoms with Crippen LogP contribution in [0.2, 0.25) is 0 Å². The zero-order valence-electron chi connectivity index (χ0n) is 22.8. The first kappa shape index (κ1) is 32.9. The van der Waals surface area contributed by atoms with E-state index in [4.69, 9.17) is 17.3 Å². The number of thioether (sulfide) groups is 1. The number of aromatic amines is 1. The van der Waals surface area contributed by atoms with Crippen LogP contribution in [0.5, 0.6) is 0 Å². The number of rotatable bonds is 8. The van der Waals surface area contributed by atoms with Crippen LogP contribution in [0.4, 0.5) is 32.0 Å². The van der Waals surface area contributed by atoms with Crippen LogP contribution in [0, 0.1) is 0 Å². The van der Waals surface area contributed by atoms with Crippen molar-refractivity contribution in [2.45, 2.75) is 24.8 Å². The number of nitrogens with one attached hydrogen (secondary N) is 2. The Morgan fingerprint density at radius 1 is 1.02 bits per heavy atom. The molecule has 1 atom stereocenters. The lowest BCUT2D eigenvalue weighted by Gasteiger charge is -2.25. The summed E-state index contributed by atoms with van der Waals surface area (Å²) >= 11 is 7.29. The molecule has 1 saturated heterocycles. The van der Waals surface area contributed by atoms with E-state index in [1.165, 1.54) is 54.3 Å². The molecule has 1 aliphatic rings. The standard InChI is InChI=1S/C29H18F6N4O4S3/c30-28(31,32)17-5-15(6-18(8-17)29(33,34)35)16-7-21(45-12-16)10-23-25(41)39(27(44)46-23)22(9-20-11-36-13-37-20)24(40)38-19-3-1-14(2-4-19)26(42)43/h1-8,10-13,22H,9H2,(H,36,37)(H,38,40)(H,42,43)/t22-/m1/s1. The quantitative estimate of drug-likeness (QED) is 0.100. The number of aromatic carboxylic acids is 1. The van der Waals surface area contributed by atoms with Gasteiger partial charge in [0, 0.05) is 28.9 Å². The number of amides is 2. The molecular formula is C29H18F6N4O4S3. The van der Waals surface area contributed by atoms with Crippen molar-refractivity contribution in [2.24, 2.45) is 0 Å². The average Bonchev–Trinajstić information content (AvgIpc) is 3.73. The predicted octanol–water partition coefficient (Wildman–Crippen LogP) is 7.33. The normalized spacial score (nSPS) is 15.4. The highest BCUT2D eigenvalue weighted by atomic mass is 32.2. The zero-order chi connectivity index (χ0) is 33.4. The van der Waals surface area contributed by atoms with Crippen molar-refractivity contribution < 1.29 is 45.8 Å². The van der Waals surface area contributed by atoms with Gasteiger partial charge in [-0.25, -0.2) is 9.78 Å². The summed E-state index contributed by atoms with van der Waals surface area (Å²) in [4.78, 5) is 46.5. The van der Waals surface area contributed by atoms with Gasteiger partial charge < -0.3 is 15.4 Å². The van der Waals surface area contributed by atoms with E-state index in [0.29, 0.717) is 22.7 Å². The molecule has 0 radical (unpaired) electrons. The Morgan fingerprint density at radius 3 is 2.24 bits per heavy atom. The number of carbonyl (C=O) groups is 3. The molecule has 3 N–H and O–H groups in total. The Morgan fingerprint density at radius 2 is 1.67 bits per heavy atom. The van der Waals surface area contributed by atoms with E-state index in [1.54, 1.807) is 0 Å². The molecule has 17 heteroatoms. The molecule has 0 spiro atoms. The van der Waals surface area contributed by atoms with Crippen LogP contribution in [0.15, 0.2) is 71.3 Å². The van der Waals surface area contributed by atoms with E-state index in [2.05, 4.69) is 15.3 Å². The number of halogens is 6. The Hall–Kier alpha value is -4.48. The van der Waals surface area contributed by atoms with Gasteiger partial charge in [-0.2, -0.15) is 26.3 Å². The van der Waals surface area contributed by atoms with E-state index in [0.717, 1.165) is 28.0 Å². The summed E-state index contributed by atoms with van der Waals surface area (Å²) in [7, 11) is 0. The maximum atomic E-state index is 13.6.